The number of carbonyl (C=O) groups is 1. The second-order valence-corrected chi connectivity index (χ2v) is 15.0. The molecule has 0 radical (unpaired) electrons. The van der Waals surface area contributed by atoms with E-state index in [2.05, 4.69) is 19.6 Å². The molecule has 0 N–H and O–H groups in total. The number of hydrogen-bond donors (Lipinski definition) is 0. The van der Waals surface area contributed by atoms with Gasteiger partial charge in [0.2, 0.25) is 16.6 Å². The van der Waals surface area contributed by atoms with Crippen molar-refractivity contribution in [3.8, 4) is 0 Å². The van der Waals surface area contributed by atoms with E-state index >= 15 is 0 Å². The molecule has 100 valence electrons. The number of rotatable bonds is 5. The van der Waals surface area contributed by atoms with Crippen LogP contribution in [0.4, 0.5) is 0 Å². The Morgan fingerprint density at radius 1 is 0.941 bits per heavy atom. The summed E-state index contributed by atoms with van der Waals surface area (Å²) in [6.45, 7) is 16.1. The molecule has 0 amide bonds. The molecular formula is C12H26O3Si2. The van der Waals surface area contributed by atoms with Crippen molar-refractivity contribution in [2.75, 3.05) is 0 Å². The van der Waals surface area contributed by atoms with Gasteiger partial charge in [-0.1, -0.05) is 6.92 Å². The lowest BCUT2D eigenvalue weighted by molar-refractivity contribution is -0.133. The second-order valence-electron chi connectivity index (χ2n) is 6.18. The first kappa shape index (κ1) is 16.4. The maximum atomic E-state index is 12.1. The van der Waals surface area contributed by atoms with E-state index in [1.54, 1.807) is 0 Å². The average molecular weight is 275 g/mol. The second kappa shape index (κ2) is 5.86. The van der Waals surface area contributed by atoms with Crippen LogP contribution in [0, 0.1) is 0 Å². The summed E-state index contributed by atoms with van der Waals surface area (Å²) in [6.07, 6.45) is 0.806. The Kier molecular flexibility index (Phi) is 5.67. The molecule has 0 aromatic heterocycles. The van der Waals surface area contributed by atoms with E-state index in [4.69, 9.17) is 8.85 Å². The highest BCUT2D eigenvalue weighted by atomic mass is 28.4. The van der Waals surface area contributed by atoms with E-state index < -0.39 is 16.6 Å². The number of allylic oxidation sites excluding steroid dienone is 1. The normalized spacial score (nSPS) is 14.1. The van der Waals surface area contributed by atoms with Crippen LogP contribution in [-0.4, -0.2) is 22.6 Å². The molecule has 5 heteroatoms. The maximum Gasteiger partial charge on any atom is 0.358 e. The van der Waals surface area contributed by atoms with Gasteiger partial charge in [-0.3, -0.25) is 0 Å². The van der Waals surface area contributed by atoms with Gasteiger partial charge in [-0.15, -0.1) is 0 Å². The highest BCUT2D eigenvalue weighted by molar-refractivity contribution is 6.72. The van der Waals surface area contributed by atoms with Crippen molar-refractivity contribution in [1.29, 1.82) is 0 Å². The summed E-state index contributed by atoms with van der Waals surface area (Å²) in [5.74, 6) is 0.153. The summed E-state index contributed by atoms with van der Waals surface area (Å²) in [6, 6.07) is 0. The molecule has 0 bridgehead atoms. The molecule has 0 fully saturated rings. The third-order valence-electron chi connectivity index (χ3n) is 1.91. The molecule has 0 aliphatic heterocycles. The summed E-state index contributed by atoms with van der Waals surface area (Å²) in [5.41, 5.74) is 0.968. The summed E-state index contributed by atoms with van der Waals surface area (Å²) in [5, 5.41) is 0. The van der Waals surface area contributed by atoms with Crippen LogP contribution in [-0.2, 0) is 13.6 Å². The van der Waals surface area contributed by atoms with Crippen molar-refractivity contribution < 1.29 is 13.6 Å². The molecule has 0 aliphatic carbocycles. The Balaban J connectivity index is 5.04. The zero-order chi connectivity index (χ0) is 13.9. The van der Waals surface area contributed by atoms with Crippen LogP contribution in [0.15, 0.2) is 11.3 Å². The first-order chi connectivity index (χ1) is 7.46. The molecule has 0 heterocycles. The molecular weight excluding hydrogens is 248 g/mol. The molecule has 0 atom stereocenters. The van der Waals surface area contributed by atoms with Gasteiger partial charge in [-0.25, -0.2) is 4.79 Å². The van der Waals surface area contributed by atoms with Crippen LogP contribution in [0.5, 0.6) is 0 Å². The van der Waals surface area contributed by atoms with Crippen molar-refractivity contribution in [2.24, 2.45) is 0 Å². The highest BCUT2D eigenvalue weighted by Gasteiger charge is 2.28. The first-order valence-corrected chi connectivity index (χ1v) is 12.9. The van der Waals surface area contributed by atoms with Gasteiger partial charge in [0, 0.05) is 0 Å². The van der Waals surface area contributed by atoms with Gasteiger partial charge in [0.1, 0.15) is 0 Å². The van der Waals surface area contributed by atoms with E-state index in [1.165, 1.54) is 0 Å². The topological polar surface area (TPSA) is 35.5 Å². The fourth-order valence-corrected chi connectivity index (χ4v) is 2.61. The predicted octanol–water partition coefficient (Wildman–Crippen LogP) is 3.90. The van der Waals surface area contributed by atoms with Crippen LogP contribution in [0.1, 0.15) is 20.3 Å². The maximum absolute atomic E-state index is 12.1. The van der Waals surface area contributed by atoms with Crippen molar-refractivity contribution in [3.05, 3.63) is 11.3 Å². The fraction of sp³-hybridized carbons (Fsp3) is 0.750. The standard InChI is InChI=1S/C12H26O3Si2/c1-9-10(2)11(14-16(3,4)5)12(13)15-17(6,7)8/h9H2,1-8H3/b11-10-. The molecule has 17 heavy (non-hydrogen) atoms. The lowest BCUT2D eigenvalue weighted by Crippen LogP contribution is -2.34. The summed E-state index contributed by atoms with van der Waals surface area (Å²) >= 11 is 0. The molecule has 3 nitrogen and oxygen atoms in total. The van der Waals surface area contributed by atoms with E-state index in [1.807, 2.05) is 33.5 Å². The van der Waals surface area contributed by atoms with Gasteiger partial charge in [0.05, 0.1) is 0 Å². The van der Waals surface area contributed by atoms with Crippen molar-refractivity contribution in [2.45, 2.75) is 59.6 Å². The number of carbonyl (C=O) groups excluding carboxylic acids is 1. The molecule has 0 saturated heterocycles. The monoisotopic (exact) mass is 274 g/mol. The smallest absolute Gasteiger partial charge is 0.358 e. The first-order valence-electron chi connectivity index (χ1n) is 6.08. The number of hydrogen-bond acceptors (Lipinski definition) is 3. The van der Waals surface area contributed by atoms with E-state index in [9.17, 15) is 4.79 Å². The molecule has 0 aromatic carbocycles. The molecule has 0 aliphatic rings. The zero-order valence-corrected chi connectivity index (χ0v) is 14.4. The van der Waals surface area contributed by atoms with Crippen LogP contribution in [0.25, 0.3) is 0 Å². The van der Waals surface area contributed by atoms with Crippen LogP contribution >= 0.6 is 0 Å². The van der Waals surface area contributed by atoms with Crippen LogP contribution < -0.4 is 0 Å². The van der Waals surface area contributed by atoms with Gasteiger partial charge in [0.15, 0.2) is 5.76 Å². The Labute approximate surface area is 107 Å². The van der Waals surface area contributed by atoms with E-state index in [0.717, 1.165) is 12.0 Å². The van der Waals surface area contributed by atoms with Gasteiger partial charge < -0.3 is 8.85 Å². The molecule has 0 spiro atoms. The predicted molar refractivity (Wildman–Crippen MR) is 76.9 cm³/mol. The Bertz CT molecular complexity index is 309. The summed E-state index contributed by atoms with van der Waals surface area (Å²) < 4.78 is 11.4. The fourth-order valence-electron chi connectivity index (χ4n) is 1.09. The largest absolute Gasteiger partial charge is 0.540 e. The van der Waals surface area contributed by atoms with Crippen molar-refractivity contribution in [3.63, 3.8) is 0 Å². The molecule has 0 rings (SSSR count). The summed E-state index contributed by atoms with van der Waals surface area (Å²) in [7, 11) is -3.65. The average Bonchev–Trinajstić information content (AvgIpc) is 2.08. The van der Waals surface area contributed by atoms with E-state index in [0.29, 0.717) is 5.76 Å². The van der Waals surface area contributed by atoms with Crippen molar-refractivity contribution >= 4 is 22.6 Å². The Hall–Kier alpha value is -0.556. The minimum absolute atomic E-state index is 0.286. The third kappa shape index (κ3) is 7.38. The van der Waals surface area contributed by atoms with Gasteiger partial charge in [-0.2, -0.15) is 0 Å². The lowest BCUT2D eigenvalue weighted by Gasteiger charge is -2.25. The lowest BCUT2D eigenvalue weighted by atomic mass is 10.2. The molecule has 0 saturated carbocycles. The highest BCUT2D eigenvalue weighted by Crippen LogP contribution is 2.19. The van der Waals surface area contributed by atoms with Gasteiger partial charge >= 0.3 is 5.97 Å². The molecule has 0 unspecified atom stereocenters. The van der Waals surface area contributed by atoms with Crippen LogP contribution in [0.3, 0.4) is 0 Å². The molecule has 0 aromatic rings. The van der Waals surface area contributed by atoms with Gasteiger partial charge in [0.25, 0.3) is 0 Å². The van der Waals surface area contributed by atoms with Crippen LogP contribution in [0.2, 0.25) is 39.3 Å². The SMILES string of the molecule is CC/C(C)=C(\O[Si](C)(C)C)C(=O)O[Si](C)(C)C. The van der Waals surface area contributed by atoms with E-state index in [-0.39, 0.29) is 5.97 Å². The summed E-state index contributed by atoms with van der Waals surface area (Å²) in [4.78, 5) is 12.1. The third-order valence-corrected chi connectivity index (χ3v) is 3.52. The quantitative estimate of drug-likeness (QED) is 0.433. The van der Waals surface area contributed by atoms with Crippen molar-refractivity contribution in [1.82, 2.24) is 0 Å². The zero-order valence-electron chi connectivity index (χ0n) is 12.4. The van der Waals surface area contributed by atoms with Gasteiger partial charge in [-0.05, 0) is 58.2 Å². The Morgan fingerprint density at radius 2 is 1.35 bits per heavy atom. The Morgan fingerprint density at radius 3 is 1.65 bits per heavy atom. The minimum Gasteiger partial charge on any atom is -0.540 e. The minimum atomic E-state index is -1.87.